The van der Waals surface area contributed by atoms with E-state index in [1.807, 2.05) is 32.0 Å². The molecule has 2 nitrogen and oxygen atoms in total. The predicted molar refractivity (Wildman–Crippen MR) is 62.4 cm³/mol. The summed E-state index contributed by atoms with van der Waals surface area (Å²) in [5.74, 6) is 0. The zero-order valence-electron chi connectivity index (χ0n) is 8.00. The van der Waals surface area contributed by atoms with Crippen molar-refractivity contribution in [2.45, 2.75) is 13.8 Å². The van der Waals surface area contributed by atoms with E-state index >= 15 is 0 Å². The molecule has 13 heavy (non-hydrogen) atoms. The number of rotatable bonds is 5. The molecular formula is C10H15IO2. The van der Waals surface area contributed by atoms with Gasteiger partial charge in [0.15, 0.2) is 0 Å². The van der Waals surface area contributed by atoms with Crippen LogP contribution in [-0.2, 0) is 6.13 Å². The monoisotopic (exact) mass is 294 g/mol. The molecule has 0 saturated carbocycles. The fourth-order valence-corrected chi connectivity index (χ4v) is 3.91. The molecule has 74 valence electrons. The molecule has 0 spiro atoms. The Kier molecular flexibility index (Phi) is 5.34. The molecule has 0 radical (unpaired) electrons. The van der Waals surface area contributed by atoms with Crippen molar-refractivity contribution >= 4 is 20.6 Å². The van der Waals surface area contributed by atoms with Crippen molar-refractivity contribution in [1.82, 2.24) is 0 Å². The molecule has 0 amide bonds. The van der Waals surface area contributed by atoms with Crippen molar-refractivity contribution in [3.8, 4) is 0 Å². The summed E-state index contributed by atoms with van der Waals surface area (Å²) in [7, 11) is 0. The van der Waals surface area contributed by atoms with E-state index in [2.05, 4.69) is 12.1 Å². The quantitative estimate of drug-likeness (QED) is 0.776. The Morgan fingerprint density at radius 2 is 1.54 bits per heavy atom. The molecule has 0 N–H and O–H groups in total. The van der Waals surface area contributed by atoms with E-state index in [0.717, 1.165) is 13.2 Å². The fraction of sp³-hybridized carbons (Fsp3) is 0.400. The van der Waals surface area contributed by atoms with Crippen LogP contribution in [-0.4, -0.2) is 13.2 Å². The summed E-state index contributed by atoms with van der Waals surface area (Å²) in [4.78, 5) is 0. The second-order valence-electron chi connectivity index (χ2n) is 2.31. The second-order valence-corrected chi connectivity index (χ2v) is 6.04. The third-order valence-electron chi connectivity index (χ3n) is 1.33. The summed E-state index contributed by atoms with van der Waals surface area (Å²) >= 11 is -1.77. The number of hydrogen-bond donors (Lipinski definition) is 0. The van der Waals surface area contributed by atoms with Crippen LogP contribution in [0.4, 0.5) is 0 Å². The van der Waals surface area contributed by atoms with Crippen molar-refractivity contribution in [3.63, 3.8) is 0 Å². The minimum atomic E-state index is -1.77. The Labute approximate surface area is 87.7 Å². The van der Waals surface area contributed by atoms with Crippen LogP contribution in [0.1, 0.15) is 13.8 Å². The van der Waals surface area contributed by atoms with Gasteiger partial charge in [-0.25, -0.2) is 0 Å². The summed E-state index contributed by atoms with van der Waals surface area (Å²) in [6.45, 7) is 5.48. The first kappa shape index (κ1) is 10.9. The SMILES string of the molecule is CCOI(OCC)c1ccccc1. The average Bonchev–Trinajstić information content (AvgIpc) is 2.19. The van der Waals surface area contributed by atoms with Gasteiger partial charge in [-0.2, -0.15) is 0 Å². The van der Waals surface area contributed by atoms with E-state index in [1.165, 1.54) is 3.57 Å². The first-order valence-corrected chi connectivity index (χ1v) is 7.24. The maximum atomic E-state index is 5.60. The molecule has 1 rings (SSSR count). The Bertz CT molecular complexity index is 220. The van der Waals surface area contributed by atoms with Crippen LogP contribution >= 0.6 is 20.6 Å². The van der Waals surface area contributed by atoms with Gasteiger partial charge in [-0.05, 0) is 0 Å². The molecular weight excluding hydrogens is 279 g/mol. The van der Waals surface area contributed by atoms with E-state index < -0.39 is 20.6 Å². The van der Waals surface area contributed by atoms with Crippen LogP contribution < -0.4 is 0 Å². The average molecular weight is 294 g/mol. The van der Waals surface area contributed by atoms with Crippen molar-refractivity contribution in [3.05, 3.63) is 33.9 Å². The molecule has 0 fully saturated rings. The van der Waals surface area contributed by atoms with Crippen LogP contribution in [0.25, 0.3) is 0 Å². The van der Waals surface area contributed by atoms with E-state index in [1.54, 1.807) is 0 Å². The van der Waals surface area contributed by atoms with Gasteiger partial charge in [0.1, 0.15) is 0 Å². The topological polar surface area (TPSA) is 18.5 Å². The van der Waals surface area contributed by atoms with Gasteiger partial charge in [0.05, 0.1) is 0 Å². The fourth-order valence-electron chi connectivity index (χ4n) is 0.873. The van der Waals surface area contributed by atoms with E-state index in [4.69, 9.17) is 6.13 Å². The minimum absolute atomic E-state index is 0.736. The molecule has 0 bridgehead atoms. The number of benzene rings is 1. The second kappa shape index (κ2) is 6.34. The van der Waals surface area contributed by atoms with Gasteiger partial charge in [-0.3, -0.25) is 0 Å². The van der Waals surface area contributed by atoms with Gasteiger partial charge in [-0.15, -0.1) is 0 Å². The van der Waals surface area contributed by atoms with Crippen LogP contribution in [0.5, 0.6) is 0 Å². The molecule has 0 atom stereocenters. The molecule has 3 heteroatoms. The van der Waals surface area contributed by atoms with Crippen LogP contribution in [0.3, 0.4) is 0 Å². The van der Waals surface area contributed by atoms with Gasteiger partial charge in [0.2, 0.25) is 0 Å². The van der Waals surface area contributed by atoms with Crippen LogP contribution in [0, 0.1) is 3.57 Å². The van der Waals surface area contributed by atoms with E-state index in [0.29, 0.717) is 0 Å². The maximum absolute atomic E-state index is 5.60. The van der Waals surface area contributed by atoms with Gasteiger partial charge in [-0.1, -0.05) is 0 Å². The van der Waals surface area contributed by atoms with Gasteiger partial charge in [0, 0.05) is 0 Å². The first-order valence-electron chi connectivity index (χ1n) is 4.40. The summed E-state index contributed by atoms with van der Waals surface area (Å²) in [5.41, 5.74) is 0. The van der Waals surface area contributed by atoms with Crippen LogP contribution in [0.2, 0.25) is 0 Å². The third kappa shape index (κ3) is 3.62. The van der Waals surface area contributed by atoms with Crippen molar-refractivity contribution in [2.24, 2.45) is 0 Å². The van der Waals surface area contributed by atoms with Gasteiger partial charge < -0.3 is 0 Å². The normalized spacial score (nSPS) is 11.4. The summed E-state index contributed by atoms with van der Waals surface area (Å²) in [6, 6.07) is 10.2. The molecule has 0 aliphatic heterocycles. The standard InChI is InChI=1S/C10H15IO2/c1-3-12-11(13-4-2)10-8-6-5-7-9-10/h5-9H,3-4H2,1-2H3. The van der Waals surface area contributed by atoms with Crippen molar-refractivity contribution in [1.29, 1.82) is 0 Å². The summed E-state index contributed by atoms with van der Waals surface area (Å²) in [6.07, 6.45) is 0. The molecule has 0 aromatic heterocycles. The van der Waals surface area contributed by atoms with Gasteiger partial charge >= 0.3 is 87.7 Å². The Morgan fingerprint density at radius 3 is 2.00 bits per heavy atom. The van der Waals surface area contributed by atoms with Crippen molar-refractivity contribution < 1.29 is 6.13 Å². The summed E-state index contributed by atoms with van der Waals surface area (Å²) < 4.78 is 12.4. The molecule has 0 unspecified atom stereocenters. The molecule has 0 aliphatic rings. The van der Waals surface area contributed by atoms with E-state index in [9.17, 15) is 0 Å². The molecule has 1 aromatic carbocycles. The van der Waals surface area contributed by atoms with Gasteiger partial charge in [0.25, 0.3) is 0 Å². The Hall–Kier alpha value is -0.130. The molecule has 0 heterocycles. The number of hydrogen-bond acceptors (Lipinski definition) is 2. The molecule has 0 saturated heterocycles. The zero-order chi connectivity index (χ0) is 9.52. The Balaban J connectivity index is 2.64. The number of halogens is 1. The predicted octanol–water partition coefficient (Wildman–Crippen LogP) is 3.27. The third-order valence-corrected chi connectivity index (χ3v) is 5.44. The van der Waals surface area contributed by atoms with Crippen molar-refractivity contribution in [2.75, 3.05) is 13.2 Å². The first-order chi connectivity index (χ1) is 6.38. The van der Waals surface area contributed by atoms with E-state index in [-0.39, 0.29) is 0 Å². The summed E-state index contributed by atoms with van der Waals surface area (Å²) in [5, 5.41) is 0. The van der Waals surface area contributed by atoms with Crippen LogP contribution in [0.15, 0.2) is 30.3 Å². The molecule has 0 aliphatic carbocycles. The zero-order valence-corrected chi connectivity index (χ0v) is 10.2. The Morgan fingerprint density at radius 1 is 1.00 bits per heavy atom. The molecule has 1 aromatic rings.